The molecule has 1 heterocycles. The van der Waals surface area contributed by atoms with E-state index in [2.05, 4.69) is 0 Å². The maximum atomic E-state index is 12.7. The quantitative estimate of drug-likeness (QED) is 0.224. The molecular formula is C21H34O9. The van der Waals surface area contributed by atoms with E-state index in [1.54, 1.807) is 13.8 Å². The molecule has 11 unspecified atom stereocenters. The minimum Gasteiger partial charge on any atom is -0.453 e. The summed E-state index contributed by atoms with van der Waals surface area (Å²) in [7, 11) is 1.22. The maximum Gasteiger partial charge on any atom is 0.342 e. The Labute approximate surface area is 175 Å². The van der Waals surface area contributed by atoms with E-state index in [9.17, 15) is 35.4 Å². The summed E-state index contributed by atoms with van der Waals surface area (Å²) < 4.78 is 10.7. The van der Waals surface area contributed by atoms with Crippen molar-refractivity contribution in [2.24, 2.45) is 17.3 Å². The lowest BCUT2D eigenvalue weighted by atomic mass is 9.52. The first-order valence-corrected chi connectivity index (χ1v) is 10.3. The van der Waals surface area contributed by atoms with E-state index in [-0.39, 0.29) is 12.8 Å². The zero-order valence-corrected chi connectivity index (χ0v) is 18.0. The van der Waals surface area contributed by atoms with Crippen molar-refractivity contribution < 1.29 is 44.9 Å². The third kappa shape index (κ3) is 2.91. The second kappa shape index (κ2) is 7.51. The Balaban J connectivity index is 2.29. The van der Waals surface area contributed by atoms with E-state index in [1.165, 1.54) is 27.0 Å². The highest BCUT2D eigenvalue weighted by atomic mass is 16.6. The van der Waals surface area contributed by atoms with Crippen LogP contribution >= 0.6 is 0 Å². The van der Waals surface area contributed by atoms with Crippen molar-refractivity contribution >= 4 is 5.97 Å². The molecular weight excluding hydrogens is 396 g/mol. The molecule has 0 aromatic carbocycles. The lowest BCUT2D eigenvalue weighted by molar-refractivity contribution is -0.263. The number of carbonyl (C=O) groups is 1. The molecule has 172 valence electrons. The van der Waals surface area contributed by atoms with E-state index in [4.69, 9.17) is 9.47 Å². The van der Waals surface area contributed by atoms with Crippen LogP contribution in [0.4, 0.5) is 0 Å². The van der Waals surface area contributed by atoms with Gasteiger partial charge in [-0.2, -0.15) is 0 Å². The predicted octanol–water partition coefficient (Wildman–Crippen LogP) is -1.14. The first-order chi connectivity index (χ1) is 13.8. The van der Waals surface area contributed by atoms with Crippen molar-refractivity contribution in [1.29, 1.82) is 0 Å². The Hall–Kier alpha value is -1.07. The van der Waals surface area contributed by atoms with Gasteiger partial charge >= 0.3 is 5.97 Å². The van der Waals surface area contributed by atoms with Gasteiger partial charge in [0.05, 0.1) is 30.5 Å². The van der Waals surface area contributed by atoms with Gasteiger partial charge in [0.15, 0.2) is 17.3 Å². The second-order valence-electron chi connectivity index (χ2n) is 9.63. The molecule has 3 aliphatic rings. The molecule has 11 atom stereocenters. The highest BCUT2D eigenvalue weighted by Crippen LogP contribution is 2.55. The Bertz CT molecular complexity index is 725. The van der Waals surface area contributed by atoms with Gasteiger partial charge in [0.25, 0.3) is 0 Å². The van der Waals surface area contributed by atoms with Crippen LogP contribution in [0.2, 0.25) is 0 Å². The third-order valence-corrected chi connectivity index (χ3v) is 8.06. The average molecular weight is 430 g/mol. The second-order valence-corrected chi connectivity index (χ2v) is 9.63. The molecule has 2 aliphatic carbocycles. The van der Waals surface area contributed by atoms with Gasteiger partial charge in [-0.25, -0.2) is 4.79 Å². The summed E-state index contributed by atoms with van der Waals surface area (Å²) in [5.41, 5.74) is -5.20. The van der Waals surface area contributed by atoms with Crippen molar-refractivity contribution in [3.05, 3.63) is 11.6 Å². The van der Waals surface area contributed by atoms with Gasteiger partial charge in [-0.15, -0.1) is 0 Å². The largest absolute Gasteiger partial charge is 0.453 e. The van der Waals surface area contributed by atoms with Gasteiger partial charge in [0, 0.05) is 24.9 Å². The lowest BCUT2D eigenvalue weighted by Gasteiger charge is -2.57. The first-order valence-electron chi connectivity index (χ1n) is 10.3. The van der Waals surface area contributed by atoms with Crippen LogP contribution < -0.4 is 0 Å². The number of aliphatic hydroxyl groups is 6. The van der Waals surface area contributed by atoms with Crippen LogP contribution in [-0.4, -0.2) is 91.5 Å². The van der Waals surface area contributed by atoms with E-state index in [0.717, 1.165) is 0 Å². The van der Waals surface area contributed by atoms with Gasteiger partial charge in [-0.3, -0.25) is 0 Å². The standard InChI is InChI=1S/C21H34O9/c1-9-6-12(23)16(25)19(3)13(24)8-11(22)10(2)15(19)17(26)21(28)14(7-9)30-18(27)20(21,4)29-5/h7,10-17,22-26,28H,6,8H2,1-5H3. The highest BCUT2D eigenvalue weighted by Gasteiger charge is 2.72. The Kier molecular flexibility index (Phi) is 5.91. The molecule has 0 amide bonds. The summed E-state index contributed by atoms with van der Waals surface area (Å²) in [6.07, 6.45) is -6.77. The van der Waals surface area contributed by atoms with Gasteiger partial charge in [0.1, 0.15) is 0 Å². The molecule has 30 heavy (non-hydrogen) atoms. The maximum absolute atomic E-state index is 12.7. The van der Waals surface area contributed by atoms with Crippen LogP contribution in [-0.2, 0) is 14.3 Å². The molecule has 1 saturated heterocycles. The molecule has 6 N–H and O–H groups in total. The molecule has 0 radical (unpaired) electrons. The minimum absolute atomic E-state index is 0.00292. The van der Waals surface area contributed by atoms with Crippen molar-refractivity contribution in [3.8, 4) is 0 Å². The van der Waals surface area contributed by atoms with Crippen molar-refractivity contribution in [3.63, 3.8) is 0 Å². The molecule has 0 spiro atoms. The molecule has 2 fully saturated rings. The number of hydrogen-bond donors (Lipinski definition) is 6. The zero-order chi connectivity index (χ0) is 22.8. The molecule has 1 aliphatic heterocycles. The molecule has 1 saturated carbocycles. The summed E-state index contributed by atoms with van der Waals surface area (Å²) in [6.45, 7) is 6.11. The lowest BCUT2D eigenvalue weighted by Crippen LogP contribution is -2.72. The molecule has 0 aromatic rings. The zero-order valence-electron chi connectivity index (χ0n) is 18.0. The molecule has 0 bridgehead atoms. The number of fused-ring (bicyclic) bond motifs is 2. The van der Waals surface area contributed by atoms with Crippen LogP contribution in [0.3, 0.4) is 0 Å². The first kappa shape index (κ1) is 23.6. The number of methoxy groups -OCH3 is 1. The summed E-state index contributed by atoms with van der Waals surface area (Å²) in [6, 6.07) is 0. The number of hydrogen-bond acceptors (Lipinski definition) is 9. The van der Waals surface area contributed by atoms with E-state index >= 15 is 0 Å². The van der Waals surface area contributed by atoms with Gasteiger partial charge in [0.2, 0.25) is 0 Å². The molecule has 0 aromatic heterocycles. The number of carbonyl (C=O) groups excluding carboxylic acids is 1. The fourth-order valence-corrected chi connectivity index (χ4v) is 5.81. The summed E-state index contributed by atoms with van der Waals surface area (Å²) in [5.74, 6) is -2.67. The average Bonchev–Trinajstić information content (AvgIpc) is 2.86. The normalized spacial score (nSPS) is 54.6. The number of rotatable bonds is 1. The summed E-state index contributed by atoms with van der Waals surface area (Å²) in [5, 5.41) is 66.6. The number of aliphatic hydroxyl groups excluding tert-OH is 5. The summed E-state index contributed by atoms with van der Waals surface area (Å²) in [4.78, 5) is 12.7. The van der Waals surface area contributed by atoms with E-state index in [1.807, 2.05) is 0 Å². The van der Waals surface area contributed by atoms with E-state index in [0.29, 0.717) is 5.57 Å². The monoisotopic (exact) mass is 430 g/mol. The van der Waals surface area contributed by atoms with Crippen LogP contribution in [0.1, 0.15) is 40.5 Å². The van der Waals surface area contributed by atoms with Gasteiger partial charge in [-0.1, -0.05) is 19.4 Å². The fourth-order valence-electron chi connectivity index (χ4n) is 5.81. The van der Waals surface area contributed by atoms with Crippen LogP contribution in [0.5, 0.6) is 0 Å². The molecule has 3 rings (SSSR count). The Morgan fingerprint density at radius 3 is 2.27 bits per heavy atom. The fraction of sp³-hybridized carbons (Fsp3) is 0.857. The smallest absolute Gasteiger partial charge is 0.342 e. The SMILES string of the molecule is COC1(C)C(=O)OC2C=C(C)CC(O)C(O)C3(C)C(O)CC(O)C(C)C3C(O)C21O. The summed E-state index contributed by atoms with van der Waals surface area (Å²) >= 11 is 0. The number of ether oxygens (including phenoxy) is 2. The van der Waals surface area contributed by atoms with Crippen LogP contribution in [0.25, 0.3) is 0 Å². The van der Waals surface area contributed by atoms with Crippen LogP contribution in [0, 0.1) is 17.3 Å². The van der Waals surface area contributed by atoms with Crippen molar-refractivity contribution in [1.82, 2.24) is 0 Å². The Morgan fingerprint density at radius 1 is 1.10 bits per heavy atom. The van der Waals surface area contributed by atoms with Crippen molar-refractivity contribution in [2.45, 2.75) is 88.4 Å². The predicted molar refractivity (Wildman–Crippen MR) is 104 cm³/mol. The van der Waals surface area contributed by atoms with Crippen LogP contribution in [0.15, 0.2) is 11.6 Å². The molecule has 9 nitrogen and oxygen atoms in total. The Morgan fingerprint density at radius 2 is 1.70 bits per heavy atom. The molecule has 9 heteroatoms. The van der Waals surface area contributed by atoms with E-state index < -0.39 is 71.0 Å². The topological polar surface area (TPSA) is 157 Å². The third-order valence-electron chi connectivity index (χ3n) is 8.06. The minimum atomic E-state index is -2.28. The highest BCUT2D eigenvalue weighted by molar-refractivity contribution is 5.84. The van der Waals surface area contributed by atoms with Gasteiger partial charge < -0.3 is 40.1 Å². The number of esters is 1. The van der Waals surface area contributed by atoms with Gasteiger partial charge in [-0.05, 0) is 32.3 Å². The van der Waals surface area contributed by atoms with Crippen molar-refractivity contribution in [2.75, 3.05) is 7.11 Å².